The Balaban J connectivity index is 3.12. The first-order chi connectivity index (χ1) is 12.9. The first-order valence-corrected chi connectivity index (χ1v) is 8.28. The van der Waals surface area contributed by atoms with Gasteiger partial charge in [-0.1, -0.05) is 18.2 Å². The zero-order chi connectivity index (χ0) is 21.5. The molecular weight excluding hydrogens is 378 g/mol. The minimum atomic E-state index is -1.21. The molecule has 1 rings (SSSR count). The third-order valence-corrected chi connectivity index (χ3v) is 3.44. The molecule has 0 heterocycles. The van der Waals surface area contributed by atoms with Crippen LogP contribution in [0.5, 0.6) is 0 Å². The lowest BCUT2D eigenvalue weighted by atomic mass is 9.94. The van der Waals surface area contributed by atoms with Gasteiger partial charge in [0.25, 0.3) is 0 Å². The number of alkyl carbamates (subject to hydrolysis) is 1. The van der Waals surface area contributed by atoms with E-state index in [2.05, 4.69) is 10.1 Å². The lowest BCUT2D eigenvalue weighted by molar-refractivity contribution is -0.483. The molecule has 1 amide bonds. The summed E-state index contributed by atoms with van der Waals surface area (Å²) in [5, 5.41) is 13.1. The van der Waals surface area contributed by atoms with Crippen molar-refractivity contribution in [2.75, 3.05) is 13.7 Å². The smallest absolute Gasteiger partial charge is 0.412 e. The fourth-order valence-corrected chi connectivity index (χ4v) is 2.28. The van der Waals surface area contributed by atoms with Crippen LogP contribution in [0.3, 0.4) is 0 Å². The number of halogens is 2. The van der Waals surface area contributed by atoms with E-state index in [9.17, 15) is 28.5 Å². The normalized spacial score (nSPS) is 12.9. The fraction of sp³-hybridized carbons (Fsp3) is 0.444. The molecule has 0 saturated carbocycles. The molecule has 1 aromatic rings. The Kier molecular flexibility index (Phi) is 8.02. The second-order valence-electron chi connectivity index (χ2n) is 6.83. The first-order valence-electron chi connectivity index (χ1n) is 8.28. The maximum atomic E-state index is 14.0. The number of nitro groups is 1. The molecule has 0 saturated heterocycles. The summed E-state index contributed by atoms with van der Waals surface area (Å²) in [6, 6.07) is 3.34. The summed E-state index contributed by atoms with van der Waals surface area (Å²) < 4.78 is 37.1. The molecule has 0 aliphatic heterocycles. The van der Waals surface area contributed by atoms with E-state index < -0.39 is 46.7 Å². The van der Waals surface area contributed by atoms with Gasteiger partial charge in [-0.3, -0.25) is 15.4 Å². The van der Waals surface area contributed by atoms with E-state index in [1.807, 2.05) is 0 Å². The summed E-state index contributed by atoms with van der Waals surface area (Å²) in [5.41, 5.74) is -1.37. The molecule has 1 atom stereocenters. The molecule has 28 heavy (non-hydrogen) atoms. The van der Waals surface area contributed by atoms with Gasteiger partial charge in [0.1, 0.15) is 11.3 Å². The van der Waals surface area contributed by atoms with E-state index in [0.29, 0.717) is 0 Å². The molecule has 0 aliphatic carbocycles. The fourth-order valence-electron chi connectivity index (χ4n) is 2.28. The van der Waals surface area contributed by atoms with Gasteiger partial charge in [0.15, 0.2) is 11.6 Å². The van der Waals surface area contributed by atoms with E-state index >= 15 is 0 Å². The van der Waals surface area contributed by atoms with Crippen LogP contribution in [-0.2, 0) is 14.3 Å². The molecule has 8 nitrogen and oxygen atoms in total. The monoisotopic (exact) mass is 400 g/mol. The van der Waals surface area contributed by atoms with Gasteiger partial charge in [0.05, 0.1) is 13.0 Å². The highest BCUT2D eigenvalue weighted by atomic mass is 19.2. The zero-order valence-electron chi connectivity index (χ0n) is 16.0. The summed E-state index contributed by atoms with van der Waals surface area (Å²) in [7, 11) is 1.08. The molecule has 0 spiro atoms. The highest BCUT2D eigenvalue weighted by Gasteiger charge is 2.24. The van der Waals surface area contributed by atoms with Crippen molar-refractivity contribution in [2.45, 2.75) is 38.7 Å². The van der Waals surface area contributed by atoms with Crippen molar-refractivity contribution >= 4 is 12.1 Å². The van der Waals surface area contributed by atoms with E-state index in [1.54, 1.807) is 20.8 Å². The number of methoxy groups -OCH3 is 1. The Bertz CT molecular complexity index is 774. The molecule has 0 aliphatic rings. The van der Waals surface area contributed by atoms with Gasteiger partial charge in [0, 0.05) is 10.5 Å². The van der Waals surface area contributed by atoms with E-state index in [4.69, 9.17) is 4.74 Å². The summed E-state index contributed by atoms with van der Waals surface area (Å²) >= 11 is 0. The van der Waals surface area contributed by atoms with Gasteiger partial charge in [0.2, 0.25) is 6.54 Å². The maximum Gasteiger partial charge on any atom is 0.412 e. The van der Waals surface area contributed by atoms with Gasteiger partial charge in [-0.05, 0) is 33.3 Å². The second-order valence-corrected chi connectivity index (χ2v) is 6.83. The van der Waals surface area contributed by atoms with Crippen LogP contribution >= 0.6 is 0 Å². The lowest BCUT2D eigenvalue weighted by Crippen LogP contribution is -2.34. The number of benzene rings is 1. The molecule has 0 unspecified atom stereocenters. The lowest BCUT2D eigenvalue weighted by Gasteiger charge is -2.20. The number of rotatable bonds is 7. The Hall–Kier alpha value is -3.04. The molecule has 10 heteroatoms. The quantitative estimate of drug-likeness (QED) is 0.326. The molecule has 1 aromatic carbocycles. The predicted molar refractivity (Wildman–Crippen MR) is 95.0 cm³/mol. The van der Waals surface area contributed by atoms with Crippen molar-refractivity contribution in [1.29, 1.82) is 0 Å². The van der Waals surface area contributed by atoms with Crippen LogP contribution in [-0.4, -0.2) is 36.2 Å². The van der Waals surface area contributed by atoms with Crippen LogP contribution in [0, 0.1) is 21.7 Å². The number of hydrogen-bond acceptors (Lipinski definition) is 6. The van der Waals surface area contributed by atoms with Gasteiger partial charge in [-0.25, -0.2) is 18.4 Å². The van der Waals surface area contributed by atoms with Crippen LogP contribution in [0.15, 0.2) is 30.0 Å². The Morgan fingerprint density at radius 3 is 2.50 bits per heavy atom. The third kappa shape index (κ3) is 7.29. The summed E-state index contributed by atoms with van der Waals surface area (Å²) in [4.78, 5) is 34.0. The molecule has 0 bridgehead atoms. The molecular formula is C18H22F2N2O6. The van der Waals surface area contributed by atoms with E-state index in [1.165, 1.54) is 12.1 Å². The van der Waals surface area contributed by atoms with Gasteiger partial charge < -0.3 is 9.47 Å². The van der Waals surface area contributed by atoms with Gasteiger partial charge in [-0.15, -0.1) is 0 Å². The number of carbonyl (C=O) groups is 2. The van der Waals surface area contributed by atoms with Crippen molar-refractivity contribution in [3.05, 3.63) is 57.3 Å². The van der Waals surface area contributed by atoms with Crippen LogP contribution < -0.4 is 5.32 Å². The molecule has 154 valence electrons. The largest absolute Gasteiger partial charge is 0.464 e. The number of esters is 1. The number of allylic oxidation sites excluding steroid dienone is 1. The van der Waals surface area contributed by atoms with Crippen molar-refractivity contribution in [3.8, 4) is 0 Å². The van der Waals surface area contributed by atoms with E-state index in [0.717, 1.165) is 19.3 Å². The van der Waals surface area contributed by atoms with Crippen LogP contribution in [0.25, 0.3) is 0 Å². The first kappa shape index (κ1) is 23.0. The minimum Gasteiger partial charge on any atom is -0.464 e. The van der Waals surface area contributed by atoms with Crippen LogP contribution in [0.4, 0.5) is 13.6 Å². The number of nitrogens with one attached hydrogen (secondary N) is 1. The van der Waals surface area contributed by atoms with Crippen molar-refractivity contribution in [1.82, 2.24) is 5.32 Å². The number of ether oxygens (including phenoxy) is 2. The molecule has 1 N–H and O–H groups in total. The van der Waals surface area contributed by atoms with Gasteiger partial charge >= 0.3 is 12.1 Å². The molecule has 0 fully saturated rings. The van der Waals surface area contributed by atoms with Crippen LogP contribution in [0.2, 0.25) is 0 Å². The van der Waals surface area contributed by atoms with Gasteiger partial charge in [-0.2, -0.15) is 0 Å². The van der Waals surface area contributed by atoms with E-state index in [-0.39, 0.29) is 17.7 Å². The summed E-state index contributed by atoms with van der Waals surface area (Å²) in [6.07, 6.45) is -0.0255. The molecule has 0 aromatic heterocycles. The zero-order valence-corrected chi connectivity index (χ0v) is 16.0. The Labute approximate surface area is 160 Å². The molecule has 0 radical (unpaired) electrons. The number of carbonyl (C=O) groups excluding carboxylic acids is 2. The average molecular weight is 400 g/mol. The second kappa shape index (κ2) is 9.77. The third-order valence-electron chi connectivity index (χ3n) is 3.44. The Morgan fingerprint density at radius 2 is 1.96 bits per heavy atom. The summed E-state index contributed by atoms with van der Waals surface area (Å²) in [5.74, 6) is -4.35. The van der Waals surface area contributed by atoms with Crippen molar-refractivity contribution in [3.63, 3.8) is 0 Å². The highest BCUT2D eigenvalue weighted by Crippen LogP contribution is 2.25. The average Bonchev–Trinajstić information content (AvgIpc) is 2.57. The number of hydrogen-bond donors (Lipinski definition) is 1. The Morgan fingerprint density at radius 1 is 1.32 bits per heavy atom. The maximum absolute atomic E-state index is 14.0. The minimum absolute atomic E-state index is 0.213. The topological polar surface area (TPSA) is 108 Å². The van der Waals surface area contributed by atoms with Crippen molar-refractivity contribution < 1.29 is 32.8 Å². The predicted octanol–water partition coefficient (Wildman–Crippen LogP) is 3.30. The summed E-state index contributed by atoms with van der Waals surface area (Å²) in [6.45, 7) is 4.15. The SMILES string of the molecule is COC(=O)/C(=C/C[C@H](C[N+](=O)[O-])c1cccc(F)c1F)NC(=O)OC(C)(C)C. The number of amides is 1. The standard InChI is InChI=1S/C18H22F2N2O6/c1-18(2,3)28-17(24)21-14(16(23)27-4)9-8-11(10-22(25)26)12-6-5-7-13(19)15(12)20/h5-7,9,11H,8,10H2,1-4H3,(H,21,24)/b14-9-/t11-/m1/s1. The highest BCUT2D eigenvalue weighted by molar-refractivity contribution is 5.92. The van der Waals surface area contributed by atoms with Crippen molar-refractivity contribution in [2.24, 2.45) is 0 Å². The number of nitrogens with zero attached hydrogens (tertiary/aromatic N) is 1. The van der Waals surface area contributed by atoms with Crippen LogP contribution in [0.1, 0.15) is 38.7 Å².